The van der Waals surface area contributed by atoms with Gasteiger partial charge in [-0.1, -0.05) is 0 Å². The van der Waals surface area contributed by atoms with Crippen molar-refractivity contribution in [2.45, 2.75) is 19.1 Å². The molecule has 7 heavy (non-hydrogen) atoms. The molecule has 0 aliphatic rings. The monoisotopic (exact) mass is 104 g/mol. The van der Waals surface area contributed by atoms with Crippen molar-refractivity contribution in [1.29, 1.82) is 0 Å². The fourth-order valence-electron chi connectivity index (χ4n) is 0.197. The molecule has 5 N–H and O–H groups in total. The Morgan fingerprint density at radius 1 is 1.71 bits per heavy atom. The first-order chi connectivity index (χ1) is 3.18. The van der Waals surface area contributed by atoms with Gasteiger partial charge in [0, 0.05) is 12.6 Å². The van der Waals surface area contributed by atoms with Crippen molar-refractivity contribution < 1.29 is 5.11 Å². The van der Waals surface area contributed by atoms with Gasteiger partial charge in [0.15, 0.2) is 0 Å². The molecule has 0 bridgehead atoms. The maximum absolute atomic E-state index is 8.62. The van der Waals surface area contributed by atoms with Crippen molar-refractivity contribution in [1.82, 2.24) is 0 Å². The Bertz CT molecular complexity index is 47.0. The van der Waals surface area contributed by atoms with Crippen molar-refractivity contribution in [2.75, 3.05) is 6.54 Å². The highest BCUT2D eigenvalue weighted by Gasteiger charge is 2.03. The van der Waals surface area contributed by atoms with E-state index >= 15 is 0 Å². The maximum atomic E-state index is 8.62. The second-order valence-electron chi connectivity index (χ2n) is 1.64. The van der Waals surface area contributed by atoms with E-state index in [-0.39, 0.29) is 6.04 Å². The van der Waals surface area contributed by atoms with Crippen molar-refractivity contribution in [3.05, 3.63) is 0 Å². The van der Waals surface area contributed by atoms with Crippen molar-refractivity contribution in [2.24, 2.45) is 11.5 Å². The zero-order chi connectivity index (χ0) is 5.86. The van der Waals surface area contributed by atoms with Gasteiger partial charge in [0.25, 0.3) is 0 Å². The van der Waals surface area contributed by atoms with Crippen LogP contribution in [0.1, 0.15) is 6.92 Å². The third-order valence-electron chi connectivity index (χ3n) is 0.892. The van der Waals surface area contributed by atoms with Gasteiger partial charge in [-0.05, 0) is 6.92 Å². The van der Waals surface area contributed by atoms with Crippen LogP contribution in [0.2, 0.25) is 0 Å². The predicted octanol–water partition coefficient (Wildman–Crippen LogP) is -1.35. The van der Waals surface area contributed by atoms with Crippen molar-refractivity contribution >= 4 is 0 Å². The number of hydrogen-bond acceptors (Lipinski definition) is 3. The smallest absolute Gasteiger partial charge is 0.0675 e. The third-order valence-corrected chi connectivity index (χ3v) is 0.892. The van der Waals surface area contributed by atoms with Crippen LogP contribution < -0.4 is 11.5 Å². The molecule has 0 saturated heterocycles. The van der Waals surface area contributed by atoms with Gasteiger partial charge in [0.05, 0.1) is 6.10 Å². The van der Waals surface area contributed by atoms with Crippen LogP contribution in [-0.4, -0.2) is 23.8 Å². The standard InChI is InChI=1S/C4H12N2O/c1-3(7)4(6)2-5/h3-4,7H,2,5-6H2,1H3/t3-,4+/m0/s1. The van der Waals surface area contributed by atoms with Crippen LogP contribution in [-0.2, 0) is 0 Å². The van der Waals surface area contributed by atoms with Gasteiger partial charge in [-0.15, -0.1) is 0 Å². The Morgan fingerprint density at radius 2 is 2.14 bits per heavy atom. The van der Waals surface area contributed by atoms with Gasteiger partial charge < -0.3 is 16.6 Å². The van der Waals surface area contributed by atoms with E-state index in [1.807, 2.05) is 0 Å². The Hall–Kier alpha value is -0.120. The molecule has 0 aliphatic carbocycles. The van der Waals surface area contributed by atoms with Gasteiger partial charge in [0.1, 0.15) is 0 Å². The average Bonchev–Trinajstić information content (AvgIpc) is 1.65. The first kappa shape index (κ1) is 6.88. The average molecular weight is 104 g/mol. The molecule has 2 atom stereocenters. The molecule has 0 aromatic rings. The number of aliphatic hydroxyl groups excluding tert-OH is 1. The van der Waals surface area contributed by atoms with Crippen LogP contribution in [0.25, 0.3) is 0 Å². The van der Waals surface area contributed by atoms with E-state index in [9.17, 15) is 0 Å². The highest BCUT2D eigenvalue weighted by atomic mass is 16.3. The molecule has 0 rings (SSSR count). The summed E-state index contributed by atoms with van der Waals surface area (Å²) >= 11 is 0. The van der Waals surface area contributed by atoms with Crippen LogP contribution >= 0.6 is 0 Å². The minimum atomic E-state index is -0.481. The second kappa shape index (κ2) is 2.96. The number of nitrogens with two attached hydrogens (primary N) is 2. The molecule has 3 heteroatoms. The molecule has 0 amide bonds. The van der Waals surface area contributed by atoms with E-state index in [0.717, 1.165) is 0 Å². The van der Waals surface area contributed by atoms with Crippen molar-refractivity contribution in [3.63, 3.8) is 0 Å². The summed E-state index contributed by atoms with van der Waals surface area (Å²) in [6.07, 6.45) is -0.481. The van der Waals surface area contributed by atoms with E-state index in [1.54, 1.807) is 6.92 Å². The maximum Gasteiger partial charge on any atom is 0.0675 e. The summed E-state index contributed by atoms with van der Waals surface area (Å²) in [4.78, 5) is 0. The summed E-state index contributed by atoms with van der Waals surface area (Å²) in [5.41, 5.74) is 10.3. The largest absolute Gasteiger partial charge is 0.392 e. The van der Waals surface area contributed by atoms with Crippen molar-refractivity contribution in [3.8, 4) is 0 Å². The van der Waals surface area contributed by atoms with E-state index in [4.69, 9.17) is 16.6 Å². The molecule has 0 unspecified atom stereocenters. The summed E-state index contributed by atoms with van der Waals surface area (Å²) in [5.74, 6) is 0. The van der Waals surface area contributed by atoms with Crippen LogP contribution in [0.15, 0.2) is 0 Å². The summed E-state index contributed by atoms with van der Waals surface area (Å²) in [7, 11) is 0. The van der Waals surface area contributed by atoms with Gasteiger partial charge in [-0.25, -0.2) is 0 Å². The predicted molar refractivity (Wildman–Crippen MR) is 28.7 cm³/mol. The Labute approximate surface area is 43.3 Å². The Morgan fingerprint density at radius 3 is 2.14 bits per heavy atom. The quantitative estimate of drug-likeness (QED) is 0.405. The fraction of sp³-hybridized carbons (Fsp3) is 1.00. The lowest BCUT2D eigenvalue weighted by Crippen LogP contribution is -2.39. The second-order valence-corrected chi connectivity index (χ2v) is 1.64. The van der Waals surface area contributed by atoms with Gasteiger partial charge in [0.2, 0.25) is 0 Å². The number of rotatable bonds is 2. The highest BCUT2D eigenvalue weighted by Crippen LogP contribution is 1.81. The SMILES string of the molecule is C[C@H](O)[C@H](N)CN. The van der Waals surface area contributed by atoms with E-state index in [0.29, 0.717) is 6.54 Å². The first-order valence-corrected chi connectivity index (χ1v) is 2.32. The Balaban J connectivity index is 3.14. The fourth-order valence-corrected chi connectivity index (χ4v) is 0.197. The molecule has 3 nitrogen and oxygen atoms in total. The van der Waals surface area contributed by atoms with Crippen LogP contribution in [0.4, 0.5) is 0 Å². The van der Waals surface area contributed by atoms with Gasteiger partial charge in [-0.3, -0.25) is 0 Å². The first-order valence-electron chi connectivity index (χ1n) is 2.32. The topological polar surface area (TPSA) is 72.3 Å². The van der Waals surface area contributed by atoms with Crippen LogP contribution in [0.5, 0.6) is 0 Å². The van der Waals surface area contributed by atoms with E-state index < -0.39 is 6.10 Å². The summed E-state index contributed by atoms with van der Waals surface area (Å²) < 4.78 is 0. The molecule has 0 heterocycles. The lowest BCUT2D eigenvalue weighted by atomic mass is 10.2. The molecular formula is C4H12N2O. The molecule has 0 aliphatic heterocycles. The van der Waals surface area contributed by atoms with E-state index in [1.165, 1.54) is 0 Å². The molecule has 0 aromatic carbocycles. The Kier molecular flexibility index (Phi) is 2.91. The lowest BCUT2D eigenvalue weighted by Gasteiger charge is -2.09. The minimum Gasteiger partial charge on any atom is -0.392 e. The molecule has 0 aromatic heterocycles. The number of aliphatic hydroxyl groups is 1. The normalized spacial score (nSPS) is 18.9. The molecular weight excluding hydrogens is 92.1 g/mol. The van der Waals surface area contributed by atoms with Crippen LogP contribution in [0.3, 0.4) is 0 Å². The van der Waals surface area contributed by atoms with Gasteiger partial charge in [-0.2, -0.15) is 0 Å². The van der Waals surface area contributed by atoms with E-state index in [2.05, 4.69) is 0 Å². The molecule has 0 spiro atoms. The highest BCUT2D eigenvalue weighted by molar-refractivity contribution is 4.66. The molecule has 0 saturated carbocycles. The zero-order valence-electron chi connectivity index (χ0n) is 4.46. The van der Waals surface area contributed by atoms with Gasteiger partial charge >= 0.3 is 0 Å². The molecule has 44 valence electrons. The third kappa shape index (κ3) is 2.56. The summed E-state index contributed by atoms with van der Waals surface area (Å²) in [6, 6.07) is -0.264. The lowest BCUT2D eigenvalue weighted by molar-refractivity contribution is 0.166. The summed E-state index contributed by atoms with van der Waals surface area (Å²) in [6.45, 7) is 1.97. The minimum absolute atomic E-state index is 0.264. The zero-order valence-corrected chi connectivity index (χ0v) is 4.46. The molecule has 0 fully saturated rings. The molecule has 0 radical (unpaired) electrons. The number of hydrogen-bond donors (Lipinski definition) is 3. The summed E-state index contributed by atoms with van der Waals surface area (Å²) in [5, 5.41) is 8.62. The van der Waals surface area contributed by atoms with Crippen LogP contribution in [0, 0.1) is 0 Å².